The SMILES string of the molecule is NCc1nc(CCC(=O)NC2CCCC2)cs1. The summed E-state index contributed by atoms with van der Waals surface area (Å²) in [5.41, 5.74) is 6.48. The van der Waals surface area contributed by atoms with Gasteiger partial charge in [0.1, 0.15) is 5.01 Å². The van der Waals surface area contributed by atoms with Gasteiger partial charge in [-0.3, -0.25) is 4.79 Å². The second kappa shape index (κ2) is 6.12. The second-order valence-corrected chi connectivity index (χ2v) is 5.43. The number of nitrogens with two attached hydrogens (primary N) is 1. The lowest BCUT2D eigenvalue weighted by Crippen LogP contribution is -2.32. The normalized spacial score (nSPS) is 16.3. The van der Waals surface area contributed by atoms with Gasteiger partial charge in [0.25, 0.3) is 0 Å². The molecule has 0 aromatic carbocycles. The summed E-state index contributed by atoms with van der Waals surface area (Å²) in [6, 6.07) is 0.414. The minimum atomic E-state index is 0.152. The van der Waals surface area contributed by atoms with E-state index in [-0.39, 0.29) is 5.91 Å². The van der Waals surface area contributed by atoms with Crippen molar-refractivity contribution in [3.8, 4) is 0 Å². The predicted octanol–water partition coefficient (Wildman–Crippen LogP) is 1.59. The number of thiazole rings is 1. The summed E-state index contributed by atoms with van der Waals surface area (Å²) in [5.74, 6) is 0.152. The van der Waals surface area contributed by atoms with E-state index < -0.39 is 0 Å². The first kappa shape index (κ1) is 12.5. The van der Waals surface area contributed by atoms with Gasteiger partial charge >= 0.3 is 0 Å². The van der Waals surface area contributed by atoms with Crippen LogP contribution in [-0.2, 0) is 17.8 Å². The molecule has 0 unspecified atom stereocenters. The number of rotatable bonds is 5. The third-order valence-electron chi connectivity index (χ3n) is 3.10. The van der Waals surface area contributed by atoms with Crippen LogP contribution in [0.2, 0.25) is 0 Å². The molecule has 0 spiro atoms. The van der Waals surface area contributed by atoms with E-state index in [1.54, 1.807) is 11.3 Å². The van der Waals surface area contributed by atoms with Crippen molar-refractivity contribution in [3.05, 3.63) is 16.1 Å². The molecule has 1 amide bonds. The minimum absolute atomic E-state index is 0.152. The van der Waals surface area contributed by atoms with E-state index in [1.807, 2.05) is 5.38 Å². The van der Waals surface area contributed by atoms with Crippen LogP contribution in [0.3, 0.4) is 0 Å². The Bertz CT molecular complexity index is 372. The number of nitrogens with zero attached hydrogens (tertiary/aromatic N) is 1. The molecule has 5 heteroatoms. The van der Waals surface area contributed by atoms with Gasteiger partial charge in [0.2, 0.25) is 5.91 Å². The molecular weight excluding hydrogens is 234 g/mol. The summed E-state index contributed by atoms with van der Waals surface area (Å²) < 4.78 is 0. The van der Waals surface area contributed by atoms with Crippen molar-refractivity contribution in [3.63, 3.8) is 0 Å². The fraction of sp³-hybridized carbons (Fsp3) is 0.667. The van der Waals surface area contributed by atoms with Gasteiger partial charge in [0.15, 0.2) is 0 Å². The molecule has 4 nitrogen and oxygen atoms in total. The van der Waals surface area contributed by atoms with Gasteiger partial charge in [-0.2, -0.15) is 0 Å². The van der Waals surface area contributed by atoms with Gasteiger partial charge in [-0.25, -0.2) is 4.98 Å². The third-order valence-corrected chi connectivity index (χ3v) is 4.02. The van der Waals surface area contributed by atoms with Crippen LogP contribution in [0.1, 0.15) is 42.8 Å². The van der Waals surface area contributed by atoms with Crippen LogP contribution < -0.4 is 11.1 Å². The molecule has 1 aliphatic rings. The number of hydrogen-bond donors (Lipinski definition) is 2. The number of carbonyl (C=O) groups is 1. The lowest BCUT2D eigenvalue weighted by atomic mass is 10.2. The largest absolute Gasteiger partial charge is 0.353 e. The van der Waals surface area contributed by atoms with E-state index >= 15 is 0 Å². The van der Waals surface area contributed by atoms with Gasteiger partial charge in [-0.15, -0.1) is 11.3 Å². The van der Waals surface area contributed by atoms with Crippen LogP contribution in [0.4, 0.5) is 0 Å². The molecule has 1 fully saturated rings. The van der Waals surface area contributed by atoms with Gasteiger partial charge in [-0.05, 0) is 19.3 Å². The molecule has 0 radical (unpaired) electrons. The Labute approximate surface area is 106 Å². The maximum atomic E-state index is 11.7. The van der Waals surface area contributed by atoms with Gasteiger partial charge in [-0.1, -0.05) is 12.8 Å². The van der Waals surface area contributed by atoms with E-state index in [4.69, 9.17) is 5.73 Å². The fourth-order valence-corrected chi connectivity index (χ4v) is 2.88. The lowest BCUT2D eigenvalue weighted by molar-refractivity contribution is -0.121. The highest BCUT2D eigenvalue weighted by Crippen LogP contribution is 2.18. The van der Waals surface area contributed by atoms with Gasteiger partial charge < -0.3 is 11.1 Å². The first-order valence-electron chi connectivity index (χ1n) is 6.20. The monoisotopic (exact) mass is 253 g/mol. The van der Waals surface area contributed by atoms with E-state index in [2.05, 4.69) is 10.3 Å². The zero-order valence-electron chi connectivity index (χ0n) is 9.95. The summed E-state index contributed by atoms with van der Waals surface area (Å²) >= 11 is 1.57. The molecule has 1 heterocycles. The highest BCUT2D eigenvalue weighted by atomic mass is 32.1. The van der Waals surface area contributed by atoms with Crippen LogP contribution in [0.25, 0.3) is 0 Å². The Morgan fingerprint density at radius 1 is 1.53 bits per heavy atom. The van der Waals surface area contributed by atoms with Crippen molar-refractivity contribution < 1.29 is 4.79 Å². The summed E-state index contributed by atoms with van der Waals surface area (Å²) in [4.78, 5) is 16.0. The number of carbonyl (C=O) groups excluding carboxylic acids is 1. The molecule has 1 saturated carbocycles. The predicted molar refractivity (Wildman–Crippen MR) is 68.7 cm³/mol. The molecular formula is C12H19N3OS. The van der Waals surface area contributed by atoms with Crippen LogP contribution in [-0.4, -0.2) is 16.9 Å². The number of aromatic nitrogens is 1. The van der Waals surface area contributed by atoms with Crippen LogP contribution in [0, 0.1) is 0 Å². The molecule has 2 rings (SSSR count). The molecule has 0 aliphatic heterocycles. The maximum absolute atomic E-state index is 11.7. The third kappa shape index (κ3) is 3.78. The topological polar surface area (TPSA) is 68.0 Å². The van der Waals surface area contributed by atoms with Crippen molar-refractivity contribution in [1.82, 2.24) is 10.3 Å². The Hall–Kier alpha value is -0.940. The van der Waals surface area contributed by atoms with Crippen molar-refractivity contribution >= 4 is 17.2 Å². The van der Waals surface area contributed by atoms with Crippen LogP contribution >= 0.6 is 11.3 Å². The number of nitrogens with one attached hydrogen (secondary N) is 1. The Kier molecular flexibility index (Phi) is 4.50. The van der Waals surface area contributed by atoms with Gasteiger partial charge in [0, 0.05) is 24.4 Å². The average Bonchev–Trinajstić information content (AvgIpc) is 2.96. The second-order valence-electron chi connectivity index (χ2n) is 4.49. The summed E-state index contributed by atoms with van der Waals surface area (Å²) in [7, 11) is 0. The van der Waals surface area contributed by atoms with E-state index in [1.165, 1.54) is 12.8 Å². The minimum Gasteiger partial charge on any atom is -0.353 e. The summed E-state index contributed by atoms with van der Waals surface area (Å²) in [5, 5.41) is 6.01. The zero-order valence-corrected chi connectivity index (χ0v) is 10.8. The Balaban J connectivity index is 1.71. The Morgan fingerprint density at radius 3 is 2.94 bits per heavy atom. The van der Waals surface area contributed by atoms with Crippen molar-refractivity contribution in [2.75, 3.05) is 0 Å². The summed E-state index contributed by atoms with van der Waals surface area (Å²) in [6.07, 6.45) is 6.02. The van der Waals surface area contributed by atoms with E-state index in [0.29, 0.717) is 19.0 Å². The molecule has 1 aliphatic carbocycles. The zero-order chi connectivity index (χ0) is 12.1. The molecule has 0 bridgehead atoms. The quantitative estimate of drug-likeness (QED) is 0.837. The molecule has 17 heavy (non-hydrogen) atoms. The maximum Gasteiger partial charge on any atom is 0.220 e. The number of aryl methyl sites for hydroxylation is 1. The number of hydrogen-bond acceptors (Lipinski definition) is 4. The first-order valence-corrected chi connectivity index (χ1v) is 7.08. The highest BCUT2D eigenvalue weighted by Gasteiger charge is 2.16. The molecule has 1 aromatic rings. The lowest BCUT2D eigenvalue weighted by Gasteiger charge is -2.11. The first-order chi connectivity index (χ1) is 8.28. The molecule has 0 saturated heterocycles. The average molecular weight is 253 g/mol. The highest BCUT2D eigenvalue weighted by molar-refractivity contribution is 7.09. The van der Waals surface area contributed by atoms with Crippen molar-refractivity contribution in [2.24, 2.45) is 5.73 Å². The standard InChI is InChI=1S/C12H19N3OS/c13-7-12-15-10(8-17-12)5-6-11(16)14-9-3-1-2-4-9/h8-9H,1-7,13H2,(H,14,16). The smallest absolute Gasteiger partial charge is 0.220 e. The molecule has 3 N–H and O–H groups in total. The Morgan fingerprint density at radius 2 is 2.29 bits per heavy atom. The van der Waals surface area contributed by atoms with Crippen LogP contribution in [0.5, 0.6) is 0 Å². The summed E-state index contributed by atoms with van der Waals surface area (Å²) in [6.45, 7) is 0.485. The van der Waals surface area contributed by atoms with Crippen molar-refractivity contribution in [1.29, 1.82) is 0 Å². The fourth-order valence-electron chi connectivity index (χ4n) is 2.17. The van der Waals surface area contributed by atoms with E-state index in [9.17, 15) is 4.79 Å². The van der Waals surface area contributed by atoms with E-state index in [0.717, 1.165) is 30.0 Å². The van der Waals surface area contributed by atoms with Gasteiger partial charge in [0.05, 0.1) is 5.69 Å². The molecule has 0 atom stereocenters. The molecule has 1 aromatic heterocycles. The molecule has 94 valence electrons. The van der Waals surface area contributed by atoms with Crippen LogP contribution in [0.15, 0.2) is 5.38 Å². The number of amides is 1. The van der Waals surface area contributed by atoms with Crippen molar-refractivity contribution in [2.45, 2.75) is 51.1 Å².